The van der Waals surface area contributed by atoms with Crippen molar-refractivity contribution in [2.75, 3.05) is 0 Å². The first kappa shape index (κ1) is 20.5. The van der Waals surface area contributed by atoms with Crippen LogP contribution in [0.1, 0.15) is 48.5 Å². The molecule has 0 spiro atoms. The molecule has 1 aliphatic carbocycles. The highest BCUT2D eigenvalue weighted by Gasteiger charge is 2.18. The SMILES string of the molecule is N#CC(C#N)=C(C[C@H](C/C=C/C1=CC(=O)CCC1)c1cccs1)c1ccccc1. The molecule has 0 unspecified atom stereocenters. The van der Waals surface area contributed by atoms with Gasteiger partial charge in [-0.05, 0) is 59.9 Å². The molecule has 0 fully saturated rings. The Morgan fingerprint density at radius 2 is 1.90 bits per heavy atom. The fourth-order valence-electron chi connectivity index (χ4n) is 3.57. The van der Waals surface area contributed by atoms with Gasteiger partial charge in [0.1, 0.15) is 17.7 Å². The van der Waals surface area contributed by atoms with Crippen LogP contribution in [0.3, 0.4) is 0 Å². The zero-order chi connectivity index (χ0) is 20.5. The van der Waals surface area contributed by atoms with Gasteiger partial charge in [0.25, 0.3) is 0 Å². The molecule has 0 bridgehead atoms. The normalized spacial score (nSPS) is 14.7. The average Bonchev–Trinajstić information content (AvgIpc) is 3.28. The number of carbonyl (C=O) groups excluding carboxylic acids is 1. The fraction of sp³-hybridized carbons (Fsp3) is 0.240. The van der Waals surface area contributed by atoms with Crippen LogP contribution in [-0.4, -0.2) is 5.78 Å². The molecule has 0 saturated heterocycles. The van der Waals surface area contributed by atoms with Crippen LogP contribution in [0.15, 0.2) is 77.2 Å². The molecule has 4 heteroatoms. The van der Waals surface area contributed by atoms with Gasteiger partial charge < -0.3 is 0 Å². The third-order valence-corrected chi connectivity index (χ3v) is 6.07. The highest BCUT2D eigenvalue weighted by atomic mass is 32.1. The Morgan fingerprint density at radius 3 is 2.55 bits per heavy atom. The molecule has 3 nitrogen and oxygen atoms in total. The number of carbonyl (C=O) groups is 1. The molecule has 1 heterocycles. The summed E-state index contributed by atoms with van der Waals surface area (Å²) < 4.78 is 0. The maximum absolute atomic E-state index is 11.6. The lowest BCUT2D eigenvalue weighted by Gasteiger charge is -2.17. The minimum atomic E-state index is 0.165. The Morgan fingerprint density at radius 1 is 1.10 bits per heavy atom. The van der Waals surface area contributed by atoms with Gasteiger partial charge in [-0.25, -0.2) is 0 Å². The summed E-state index contributed by atoms with van der Waals surface area (Å²) in [5.41, 5.74) is 2.95. The number of allylic oxidation sites excluding steroid dienone is 6. The second kappa shape index (κ2) is 10.4. The van der Waals surface area contributed by atoms with Crippen molar-refractivity contribution in [3.05, 3.63) is 87.7 Å². The van der Waals surface area contributed by atoms with Gasteiger partial charge >= 0.3 is 0 Å². The van der Waals surface area contributed by atoms with Gasteiger partial charge in [-0.2, -0.15) is 10.5 Å². The zero-order valence-electron chi connectivity index (χ0n) is 16.2. The van der Waals surface area contributed by atoms with E-state index in [9.17, 15) is 15.3 Å². The number of hydrogen-bond acceptors (Lipinski definition) is 4. The molecule has 0 aliphatic heterocycles. The van der Waals surface area contributed by atoms with Crippen LogP contribution in [0.2, 0.25) is 0 Å². The van der Waals surface area contributed by atoms with Crippen molar-refractivity contribution in [2.24, 2.45) is 0 Å². The molecular weight excluding hydrogens is 376 g/mol. The smallest absolute Gasteiger partial charge is 0.155 e. The number of nitriles is 2. The first-order valence-corrected chi connectivity index (χ1v) is 10.6. The van der Waals surface area contributed by atoms with Gasteiger partial charge in [-0.1, -0.05) is 48.6 Å². The second-order valence-corrected chi connectivity index (χ2v) is 8.02. The molecule has 0 saturated carbocycles. The van der Waals surface area contributed by atoms with E-state index in [1.807, 2.05) is 36.4 Å². The average molecular weight is 399 g/mol. The van der Waals surface area contributed by atoms with E-state index >= 15 is 0 Å². The van der Waals surface area contributed by atoms with E-state index in [1.54, 1.807) is 17.4 Å². The van der Waals surface area contributed by atoms with Crippen molar-refractivity contribution in [3.8, 4) is 12.1 Å². The largest absolute Gasteiger partial charge is 0.295 e. The molecule has 0 amide bonds. The summed E-state index contributed by atoms with van der Waals surface area (Å²) in [5, 5.41) is 21.0. The van der Waals surface area contributed by atoms with Crippen LogP contribution in [0.25, 0.3) is 5.57 Å². The number of benzene rings is 1. The zero-order valence-corrected chi connectivity index (χ0v) is 17.0. The van der Waals surface area contributed by atoms with Gasteiger partial charge in [0, 0.05) is 17.2 Å². The van der Waals surface area contributed by atoms with E-state index in [0.29, 0.717) is 12.8 Å². The van der Waals surface area contributed by atoms with Crippen LogP contribution in [0, 0.1) is 22.7 Å². The molecule has 144 valence electrons. The van der Waals surface area contributed by atoms with E-state index in [4.69, 9.17) is 0 Å². The van der Waals surface area contributed by atoms with Crippen molar-refractivity contribution in [3.63, 3.8) is 0 Å². The monoisotopic (exact) mass is 398 g/mol. The maximum Gasteiger partial charge on any atom is 0.155 e. The predicted octanol–water partition coefficient (Wildman–Crippen LogP) is 6.35. The minimum Gasteiger partial charge on any atom is -0.295 e. The summed E-state index contributed by atoms with van der Waals surface area (Å²) in [6.07, 6.45) is 9.82. The van der Waals surface area contributed by atoms with Crippen molar-refractivity contribution >= 4 is 22.7 Å². The third-order valence-electron chi connectivity index (χ3n) is 5.03. The predicted molar refractivity (Wildman–Crippen MR) is 117 cm³/mol. The molecule has 1 aromatic carbocycles. The van der Waals surface area contributed by atoms with E-state index in [2.05, 4.69) is 35.7 Å². The maximum atomic E-state index is 11.6. The minimum absolute atomic E-state index is 0.165. The Balaban J connectivity index is 1.87. The quantitative estimate of drug-likeness (QED) is 0.511. The lowest BCUT2D eigenvalue weighted by atomic mass is 9.88. The van der Waals surface area contributed by atoms with E-state index < -0.39 is 0 Å². The number of nitrogens with zero attached hydrogens (tertiary/aromatic N) is 2. The van der Waals surface area contributed by atoms with E-state index in [-0.39, 0.29) is 17.3 Å². The number of rotatable bonds is 7. The van der Waals surface area contributed by atoms with Crippen LogP contribution < -0.4 is 0 Å². The molecule has 1 aromatic heterocycles. The summed E-state index contributed by atoms with van der Waals surface area (Å²) in [4.78, 5) is 12.9. The van der Waals surface area contributed by atoms with Crippen molar-refractivity contribution < 1.29 is 4.79 Å². The van der Waals surface area contributed by atoms with Gasteiger partial charge in [0.2, 0.25) is 0 Å². The molecule has 0 N–H and O–H groups in total. The molecule has 2 aromatic rings. The Hall–Kier alpha value is -3.21. The van der Waals surface area contributed by atoms with Gasteiger partial charge in [-0.15, -0.1) is 11.3 Å². The van der Waals surface area contributed by atoms with Crippen molar-refractivity contribution in [1.29, 1.82) is 10.5 Å². The standard InChI is InChI=1S/C25H22N2OS/c26-17-22(18-27)24(20-9-2-1-3-10-20)16-21(25-13-6-14-29-25)11-4-7-19-8-5-12-23(28)15-19/h1-4,6-7,9-10,13-15,21H,5,8,11-12,16H2/b7-4+/t21-/m0/s1. The van der Waals surface area contributed by atoms with Crippen LogP contribution in [0.4, 0.5) is 0 Å². The summed E-state index contributed by atoms with van der Waals surface area (Å²) >= 11 is 1.69. The van der Waals surface area contributed by atoms with E-state index in [1.165, 1.54) is 4.88 Å². The third kappa shape index (κ3) is 5.64. The van der Waals surface area contributed by atoms with Gasteiger partial charge in [0.05, 0.1) is 0 Å². The first-order chi connectivity index (χ1) is 14.2. The Kier molecular flexibility index (Phi) is 7.34. The first-order valence-electron chi connectivity index (χ1n) is 9.73. The second-order valence-electron chi connectivity index (χ2n) is 7.04. The summed E-state index contributed by atoms with van der Waals surface area (Å²) in [6.45, 7) is 0. The highest BCUT2D eigenvalue weighted by Crippen LogP contribution is 2.36. The number of ketones is 1. The van der Waals surface area contributed by atoms with Crippen molar-refractivity contribution in [2.45, 2.75) is 38.0 Å². The molecule has 1 aliphatic rings. The summed E-state index contributed by atoms with van der Waals surface area (Å²) in [5.74, 6) is 0.366. The lowest BCUT2D eigenvalue weighted by Crippen LogP contribution is -2.02. The lowest BCUT2D eigenvalue weighted by molar-refractivity contribution is -0.115. The van der Waals surface area contributed by atoms with Crippen molar-refractivity contribution in [1.82, 2.24) is 0 Å². The van der Waals surface area contributed by atoms with Gasteiger partial charge in [0.15, 0.2) is 5.78 Å². The van der Waals surface area contributed by atoms with Gasteiger partial charge in [-0.3, -0.25) is 4.79 Å². The number of thiophene rings is 1. The molecular formula is C25H22N2OS. The Labute approximate surface area is 175 Å². The molecule has 1 atom stereocenters. The Bertz CT molecular complexity index is 999. The number of hydrogen-bond donors (Lipinski definition) is 0. The molecule has 29 heavy (non-hydrogen) atoms. The summed E-state index contributed by atoms with van der Waals surface area (Å²) in [6, 6.07) is 17.9. The van der Waals surface area contributed by atoms with Crippen LogP contribution in [-0.2, 0) is 4.79 Å². The van der Waals surface area contributed by atoms with Crippen LogP contribution >= 0.6 is 11.3 Å². The molecule has 3 rings (SSSR count). The topological polar surface area (TPSA) is 64.7 Å². The van der Waals surface area contributed by atoms with E-state index in [0.717, 1.165) is 36.0 Å². The highest BCUT2D eigenvalue weighted by molar-refractivity contribution is 7.10. The fourth-order valence-corrected chi connectivity index (χ4v) is 4.41. The van der Waals surface area contributed by atoms with Crippen LogP contribution in [0.5, 0.6) is 0 Å². The summed E-state index contributed by atoms with van der Waals surface area (Å²) in [7, 11) is 0. The molecule has 0 radical (unpaired) electrons.